The Kier molecular flexibility index (Phi) is 39.5. The van der Waals surface area contributed by atoms with Gasteiger partial charge in [-0.1, -0.05) is 60.7 Å². The van der Waals surface area contributed by atoms with Crippen LogP contribution in [-0.2, 0) is 75.2 Å². The normalized spacial score (nSPS) is 14.2. The highest BCUT2D eigenvalue weighted by Gasteiger charge is 2.35. The number of nitrogens with zero attached hydrogens (tertiary/aromatic N) is 2. The Balaban J connectivity index is 2.18. The molecule has 0 aromatic heterocycles. The van der Waals surface area contributed by atoms with E-state index in [1.54, 1.807) is 42.5 Å². The van der Waals surface area contributed by atoms with Crippen molar-refractivity contribution in [3.8, 4) is 0 Å². The third-order valence-corrected chi connectivity index (χ3v) is 14.5. The predicted molar refractivity (Wildman–Crippen MR) is 358 cm³/mol. The topological polar surface area (TPSA) is 634 Å². The summed E-state index contributed by atoms with van der Waals surface area (Å²) in [6.07, 6.45) is -1.53. The number of guanidine groups is 2. The zero-order valence-electron chi connectivity index (χ0n) is 55.4. The average molecular weight is 1380 g/mol. The minimum atomic E-state index is -1.74. The summed E-state index contributed by atoms with van der Waals surface area (Å²) in [7, 11) is 0. The van der Waals surface area contributed by atoms with Crippen LogP contribution in [0.5, 0.6) is 0 Å². The second-order valence-electron chi connectivity index (χ2n) is 22.9. The molecule has 12 amide bonds. The summed E-state index contributed by atoms with van der Waals surface area (Å²) in [4.78, 5) is 181. The molecule has 0 fully saturated rings. The predicted octanol–water partition coefficient (Wildman–Crippen LogP) is -8.28. The number of aliphatic hydroxyl groups excluding tert-OH is 2. The molecule has 0 aliphatic rings. The Morgan fingerprint density at radius 2 is 0.837 bits per heavy atom. The largest absolute Gasteiger partial charge is 0.480 e. The van der Waals surface area contributed by atoms with Gasteiger partial charge in [0, 0.05) is 25.9 Å². The van der Waals surface area contributed by atoms with Gasteiger partial charge in [-0.2, -0.15) is 0 Å². The lowest BCUT2D eigenvalue weighted by atomic mass is 10.0. The van der Waals surface area contributed by atoms with Gasteiger partial charge in [-0.05, 0) is 109 Å². The van der Waals surface area contributed by atoms with Crippen LogP contribution in [0, 0.1) is 0 Å². The highest BCUT2D eigenvalue weighted by atomic mass is 16.4. The minimum Gasteiger partial charge on any atom is -0.480 e. The van der Waals surface area contributed by atoms with E-state index in [-0.39, 0.29) is 89.5 Å². The van der Waals surface area contributed by atoms with Crippen LogP contribution in [-0.4, -0.2) is 217 Å². The number of nitrogens with two attached hydrogens (primary N) is 7. The maximum atomic E-state index is 14.1. The molecule has 2 aromatic rings. The maximum Gasteiger partial charge on any atom is 0.326 e. The number of aliphatic carboxylic acids is 1. The number of carboxylic acids is 1. The van der Waals surface area contributed by atoms with Crippen molar-refractivity contribution < 1.29 is 77.6 Å². The van der Waals surface area contributed by atoms with Gasteiger partial charge in [0.1, 0.15) is 60.8 Å². The number of amides is 12. The molecular formula is C61H99N21O16. The average Bonchev–Trinajstić information content (AvgIpc) is 0.892. The van der Waals surface area contributed by atoms with Crippen molar-refractivity contribution in [2.45, 2.75) is 171 Å². The fourth-order valence-corrected chi connectivity index (χ4v) is 9.20. The molecule has 2 aromatic carbocycles. The van der Waals surface area contributed by atoms with Crippen LogP contribution in [0.25, 0.3) is 0 Å². The van der Waals surface area contributed by atoms with Gasteiger partial charge in [-0.3, -0.25) is 67.5 Å². The summed E-state index contributed by atoms with van der Waals surface area (Å²) in [5.74, 6) is -13.0. The van der Waals surface area contributed by atoms with E-state index in [1.807, 2.05) is 18.2 Å². The Bertz CT molecular complexity index is 2990. The molecular weight excluding hydrogens is 1280 g/mol. The molecule has 0 aliphatic carbocycles. The first-order chi connectivity index (χ1) is 46.5. The summed E-state index contributed by atoms with van der Waals surface area (Å²) >= 11 is 0. The molecule has 11 atom stereocenters. The molecule has 0 heterocycles. The molecule has 37 nitrogen and oxygen atoms in total. The fourth-order valence-electron chi connectivity index (χ4n) is 9.20. The lowest BCUT2D eigenvalue weighted by molar-refractivity contribution is -0.142. The number of aliphatic hydroxyl groups is 2. The van der Waals surface area contributed by atoms with Crippen LogP contribution in [0.3, 0.4) is 0 Å². The van der Waals surface area contributed by atoms with E-state index in [1.165, 1.54) is 20.8 Å². The minimum absolute atomic E-state index is 0.0301. The van der Waals surface area contributed by atoms with E-state index in [0.29, 0.717) is 31.2 Å². The van der Waals surface area contributed by atoms with Crippen molar-refractivity contribution in [1.82, 2.24) is 63.8 Å². The fraction of sp³-hybridized carbons (Fsp3) is 0.557. The molecule has 0 saturated heterocycles. The lowest BCUT2D eigenvalue weighted by Crippen LogP contribution is -2.60. The first-order valence-corrected chi connectivity index (χ1v) is 31.9. The quantitative estimate of drug-likeness (QED) is 0.00962. The van der Waals surface area contributed by atoms with E-state index in [0.717, 1.165) is 5.56 Å². The Labute approximate surface area is 567 Å². The number of rotatable bonds is 47. The first kappa shape index (κ1) is 84.0. The van der Waals surface area contributed by atoms with E-state index < -0.39 is 170 Å². The van der Waals surface area contributed by atoms with Gasteiger partial charge in [-0.15, -0.1) is 0 Å². The van der Waals surface area contributed by atoms with Crippen molar-refractivity contribution in [3.05, 3.63) is 71.8 Å². The summed E-state index contributed by atoms with van der Waals surface area (Å²) in [5, 5.41) is 59.6. The number of carboxylic acid groups (broad SMARTS) is 1. The monoisotopic (exact) mass is 1380 g/mol. The summed E-state index contributed by atoms with van der Waals surface area (Å²) < 4.78 is 0. The molecule has 544 valence electrons. The van der Waals surface area contributed by atoms with Crippen molar-refractivity contribution in [1.29, 1.82) is 0 Å². The van der Waals surface area contributed by atoms with Crippen LogP contribution in [0.2, 0.25) is 0 Å². The molecule has 0 aliphatic heterocycles. The number of hydrogen-bond acceptors (Lipinski definition) is 20. The molecule has 0 bridgehead atoms. The number of benzene rings is 2. The number of carbonyl (C=O) groups excluding carboxylic acids is 12. The molecule has 0 spiro atoms. The van der Waals surface area contributed by atoms with Gasteiger partial charge in [0.2, 0.25) is 70.9 Å². The third-order valence-electron chi connectivity index (χ3n) is 14.5. The standard InChI is InChI=1S/C61H99N21O16/c1-34(73-48(87)32-72-58(96)50(36(3)84)82-56(94)43(28-37-16-6-4-7-17-37)75-49(88)31-71-46(85)30-47(86)81-45(64)29-38-18-8-5-9-19-38)51(89)76-40(22-14-26-69-60(65)66)53(91)78-39(20-10-12-24-62)55(93)80-44(33-83)57(95)74-35(2)52(90)77-41(23-15-27-70-61(67)68)54(92)79-42(59(97)98)21-11-13-25-63/h4-9,16-19,34-36,39-45,50,83-84H,10-15,20-33,62-64H2,1-3H3,(H,71,85)(H,72,96)(H,73,87)(H,74,95)(H,75,88)(H,76,89)(H,77,90)(H,78,91)(H,79,92)(H,80,93)(H,81,86)(H,82,94)(H,97,98)(H4,65,66,69)(H4,67,68,70)/t34-,35-,36-,39-,40-,41-,42-,43-,44-,45+,50-/m0/s1. The SMILES string of the molecule is C[C@H](NC(=O)CNC(=O)[C@@H](NC(=O)[C@H](Cc1ccccc1)NC(=O)CNC(=O)CC(=O)N[C@@H](N)Cc1ccccc1)[C@H](C)O)C(=O)N[C@@H](CCCN=C(N)N)C(=O)N[C@@H](CCCCN)C(=O)N[C@@H](CO)C(=O)N[C@@H](C)C(=O)N[C@@H](CCCN=C(N)N)C(=O)N[C@@H](CCCCN)C(=O)O. The summed E-state index contributed by atoms with van der Waals surface area (Å²) in [6.45, 7) is 1.58. The molecule has 98 heavy (non-hydrogen) atoms. The van der Waals surface area contributed by atoms with Gasteiger partial charge >= 0.3 is 5.97 Å². The van der Waals surface area contributed by atoms with Gasteiger partial charge < -0.3 is 119 Å². The summed E-state index contributed by atoms with van der Waals surface area (Å²) in [5.41, 5.74) is 40.4. The van der Waals surface area contributed by atoms with E-state index >= 15 is 0 Å². The molecule has 0 unspecified atom stereocenters. The molecule has 0 radical (unpaired) electrons. The highest BCUT2D eigenvalue weighted by Crippen LogP contribution is 2.10. The zero-order chi connectivity index (χ0) is 73.3. The number of unbranched alkanes of at least 4 members (excludes halogenated alkanes) is 2. The Hall–Kier alpha value is -10.1. The number of hydrogen-bond donors (Lipinski definition) is 22. The van der Waals surface area contributed by atoms with Crippen molar-refractivity contribution in [2.75, 3.05) is 45.9 Å². The maximum absolute atomic E-state index is 14.1. The zero-order valence-corrected chi connectivity index (χ0v) is 55.4. The second-order valence-corrected chi connectivity index (χ2v) is 22.9. The number of nitrogens with one attached hydrogen (secondary N) is 12. The first-order valence-electron chi connectivity index (χ1n) is 31.9. The van der Waals surface area contributed by atoms with Crippen molar-refractivity contribution in [3.63, 3.8) is 0 Å². The Morgan fingerprint density at radius 3 is 1.31 bits per heavy atom. The molecule has 2 rings (SSSR count). The van der Waals surface area contributed by atoms with Crippen LogP contribution in [0.4, 0.5) is 0 Å². The van der Waals surface area contributed by atoms with Gasteiger partial charge in [0.15, 0.2) is 11.9 Å². The third kappa shape index (κ3) is 34.5. The van der Waals surface area contributed by atoms with E-state index in [2.05, 4.69) is 73.8 Å². The molecule has 29 N–H and O–H groups in total. The van der Waals surface area contributed by atoms with Crippen LogP contribution in [0.1, 0.15) is 103 Å². The van der Waals surface area contributed by atoms with Crippen LogP contribution in [0.15, 0.2) is 70.6 Å². The van der Waals surface area contributed by atoms with Crippen LogP contribution >= 0.6 is 0 Å². The van der Waals surface area contributed by atoms with Crippen molar-refractivity contribution >= 4 is 88.8 Å². The number of aliphatic imine (C=N–C) groups is 2. The smallest absolute Gasteiger partial charge is 0.326 e. The van der Waals surface area contributed by atoms with Gasteiger partial charge in [0.25, 0.3) is 0 Å². The van der Waals surface area contributed by atoms with E-state index in [9.17, 15) is 77.6 Å². The second kappa shape index (κ2) is 46.1. The number of carbonyl (C=O) groups is 13. The molecule has 37 heteroatoms. The van der Waals surface area contributed by atoms with E-state index in [4.69, 9.17) is 40.1 Å². The molecule has 0 saturated carbocycles. The summed E-state index contributed by atoms with van der Waals surface area (Å²) in [6, 6.07) is 4.10. The Morgan fingerprint density at radius 1 is 0.429 bits per heavy atom. The highest BCUT2D eigenvalue weighted by molar-refractivity contribution is 6.00. The van der Waals surface area contributed by atoms with Gasteiger partial charge in [-0.25, -0.2) is 4.79 Å². The van der Waals surface area contributed by atoms with Crippen LogP contribution < -0.4 is 104 Å². The van der Waals surface area contributed by atoms with Gasteiger partial charge in [0.05, 0.1) is 32.0 Å². The lowest BCUT2D eigenvalue weighted by Gasteiger charge is -2.26. The van der Waals surface area contributed by atoms with Crippen molar-refractivity contribution in [2.24, 2.45) is 50.1 Å².